The minimum atomic E-state index is -0.148. The van der Waals surface area contributed by atoms with E-state index in [0.717, 1.165) is 53.9 Å². The van der Waals surface area contributed by atoms with Gasteiger partial charge in [-0.1, -0.05) is 18.1 Å². The van der Waals surface area contributed by atoms with Gasteiger partial charge in [0.2, 0.25) is 0 Å². The predicted octanol–water partition coefficient (Wildman–Crippen LogP) is 4.69. The summed E-state index contributed by atoms with van der Waals surface area (Å²) in [7, 11) is 0. The van der Waals surface area contributed by atoms with E-state index in [0.29, 0.717) is 17.2 Å². The van der Waals surface area contributed by atoms with Crippen molar-refractivity contribution in [1.82, 2.24) is 20.3 Å². The summed E-state index contributed by atoms with van der Waals surface area (Å²) in [6, 6.07) is 13.7. The SMILES string of the molecule is Cc1ccc(C(=O)Nc2ccc(C3CCNCC3)c(C)c2)cc1C#Cc1cnc2[nH]ccc2n1. The average molecular weight is 450 g/mol. The molecule has 170 valence electrons. The molecule has 1 amide bonds. The number of aromatic nitrogens is 3. The van der Waals surface area contributed by atoms with Crippen LogP contribution in [0.3, 0.4) is 0 Å². The summed E-state index contributed by atoms with van der Waals surface area (Å²) in [6.07, 6.45) is 5.76. The van der Waals surface area contributed by atoms with Gasteiger partial charge in [-0.3, -0.25) is 4.79 Å². The van der Waals surface area contributed by atoms with Crippen molar-refractivity contribution >= 4 is 22.8 Å². The monoisotopic (exact) mass is 449 g/mol. The van der Waals surface area contributed by atoms with E-state index in [9.17, 15) is 4.79 Å². The molecule has 5 rings (SSSR count). The van der Waals surface area contributed by atoms with Crippen molar-refractivity contribution in [3.63, 3.8) is 0 Å². The number of carbonyl (C=O) groups is 1. The Labute approximate surface area is 199 Å². The third-order valence-electron chi connectivity index (χ3n) is 6.39. The molecule has 1 fully saturated rings. The van der Waals surface area contributed by atoms with Crippen LogP contribution in [0.5, 0.6) is 0 Å². The largest absolute Gasteiger partial charge is 0.345 e. The van der Waals surface area contributed by atoms with Gasteiger partial charge >= 0.3 is 0 Å². The number of nitrogens with one attached hydrogen (secondary N) is 3. The van der Waals surface area contributed by atoms with Crippen molar-refractivity contribution in [2.45, 2.75) is 32.6 Å². The molecular formula is C28H27N5O. The van der Waals surface area contributed by atoms with Crippen molar-refractivity contribution in [2.75, 3.05) is 18.4 Å². The Hall–Kier alpha value is -3.95. The molecule has 2 aromatic heterocycles. The highest BCUT2D eigenvalue weighted by molar-refractivity contribution is 6.04. The molecule has 3 heterocycles. The number of nitrogens with zero attached hydrogens (tertiary/aromatic N) is 2. The van der Waals surface area contributed by atoms with Crippen molar-refractivity contribution < 1.29 is 4.79 Å². The zero-order valence-corrected chi connectivity index (χ0v) is 19.4. The van der Waals surface area contributed by atoms with Gasteiger partial charge in [0.05, 0.1) is 6.20 Å². The number of piperidine rings is 1. The Morgan fingerprint density at radius 1 is 1.03 bits per heavy atom. The van der Waals surface area contributed by atoms with Gasteiger partial charge in [0.25, 0.3) is 5.91 Å². The maximum absolute atomic E-state index is 13.0. The highest BCUT2D eigenvalue weighted by Crippen LogP contribution is 2.29. The molecule has 0 saturated carbocycles. The standard InChI is InChI=1S/C28H27N5O/c1-18-3-4-22(16-21(18)5-6-24-17-31-27-26(32-24)11-14-30-27)28(34)33-23-7-8-25(19(2)15-23)20-9-12-29-13-10-20/h3-4,7-8,11,14-17,20,29H,9-10,12-13H2,1-2H3,(H,30,31)(H,33,34). The fraction of sp³-hybridized carbons (Fsp3) is 0.250. The minimum absolute atomic E-state index is 0.148. The van der Waals surface area contributed by atoms with E-state index in [2.05, 4.69) is 56.5 Å². The zero-order chi connectivity index (χ0) is 23.5. The minimum Gasteiger partial charge on any atom is -0.345 e. The molecule has 1 aliphatic heterocycles. The summed E-state index contributed by atoms with van der Waals surface area (Å²) >= 11 is 0. The summed E-state index contributed by atoms with van der Waals surface area (Å²) in [5, 5.41) is 6.46. The maximum Gasteiger partial charge on any atom is 0.255 e. The van der Waals surface area contributed by atoms with Crippen molar-refractivity contribution in [3.05, 3.63) is 88.4 Å². The molecule has 2 aromatic carbocycles. The molecule has 4 aromatic rings. The lowest BCUT2D eigenvalue weighted by atomic mass is 9.87. The Bertz CT molecular complexity index is 1420. The van der Waals surface area contributed by atoms with Gasteiger partial charge in [-0.2, -0.15) is 0 Å². The summed E-state index contributed by atoms with van der Waals surface area (Å²) in [4.78, 5) is 24.8. The van der Waals surface area contributed by atoms with Crippen LogP contribution < -0.4 is 10.6 Å². The molecule has 1 aliphatic rings. The molecule has 6 heteroatoms. The first-order chi connectivity index (χ1) is 16.6. The Morgan fingerprint density at radius 2 is 1.88 bits per heavy atom. The fourth-order valence-corrected chi connectivity index (χ4v) is 4.47. The number of amides is 1. The number of benzene rings is 2. The van der Waals surface area contributed by atoms with Crippen molar-refractivity contribution in [3.8, 4) is 11.8 Å². The molecule has 0 aliphatic carbocycles. The van der Waals surface area contributed by atoms with E-state index in [4.69, 9.17) is 0 Å². The molecule has 1 saturated heterocycles. The second kappa shape index (κ2) is 9.50. The average Bonchev–Trinajstić information content (AvgIpc) is 3.32. The number of anilines is 1. The molecule has 0 unspecified atom stereocenters. The molecular weight excluding hydrogens is 422 g/mol. The molecule has 3 N–H and O–H groups in total. The normalized spacial score (nSPS) is 13.9. The predicted molar refractivity (Wildman–Crippen MR) is 135 cm³/mol. The number of carbonyl (C=O) groups excluding carboxylic acids is 1. The highest BCUT2D eigenvalue weighted by atomic mass is 16.1. The van der Waals surface area contributed by atoms with E-state index in [-0.39, 0.29) is 5.91 Å². The van der Waals surface area contributed by atoms with E-state index in [1.165, 1.54) is 11.1 Å². The first kappa shape index (κ1) is 21.9. The van der Waals surface area contributed by atoms with E-state index in [1.807, 2.05) is 37.3 Å². The van der Waals surface area contributed by atoms with E-state index in [1.54, 1.807) is 12.4 Å². The molecule has 0 radical (unpaired) electrons. The third-order valence-corrected chi connectivity index (χ3v) is 6.39. The fourth-order valence-electron chi connectivity index (χ4n) is 4.47. The van der Waals surface area contributed by atoms with Crippen LogP contribution in [0.2, 0.25) is 0 Å². The smallest absolute Gasteiger partial charge is 0.255 e. The van der Waals surface area contributed by atoms with Gasteiger partial charge in [-0.25, -0.2) is 9.97 Å². The highest BCUT2D eigenvalue weighted by Gasteiger charge is 2.17. The first-order valence-electron chi connectivity index (χ1n) is 11.6. The van der Waals surface area contributed by atoms with Gasteiger partial charge < -0.3 is 15.6 Å². The number of hydrogen-bond donors (Lipinski definition) is 3. The van der Waals surface area contributed by atoms with Crippen LogP contribution in [0.15, 0.2) is 54.9 Å². The lowest BCUT2D eigenvalue weighted by Gasteiger charge is -2.24. The molecule has 0 spiro atoms. The number of aryl methyl sites for hydroxylation is 2. The Morgan fingerprint density at radius 3 is 2.71 bits per heavy atom. The molecule has 0 atom stereocenters. The quantitative estimate of drug-likeness (QED) is 0.396. The lowest BCUT2D eigenvalue weighted by molar-refractivity contribution is 0.102. The molecule has 6 nitrogen and oxygen atoms in total. The number of fused-ring (bicyclic) bond motifs is 1. The van der Waals surface area contributed by atoms with Crippen LogP contribution in [0.4, 0.5) is 5.69 Å². The Balaban J connectivity index is 1.33. The number of rotatable bonds is 3. The van der Waals surface area contributed by atoms with Gasteiger partial charge in [0.15, 0.2) is 5.65 Å². The summed E-state index contributed by atoms with van der Waals surface area (Å²) in [6.45, 7) is 6.24. The topological polar surface area (TPSA) is 82.7 Å². The van der Waals surface area contributed by atoms with Gasteiger partial charge in [-0.05, 0) is 98.6 Å². The third kappa shape index (κ3) is 4.70. The van der Waals surface area contributed by atoms with Crippen LogP contribution in [0.1, 0.15) is 57.1 Å². The van der Waals surface area contributed by atoms with Crippen molar-refractivity contribution in [2.24, 2.45) is 0 Å². The van der Waals surface area contributed by atoms with Crippen LogP contribution in [-0.2, 0) is 0 Å². The number of aromatic amines is 1. The number of hydrogen-bond acceptors (Lipinski definition) is 4. The van der Waals surface area contributed by atoms with Gasteiger partial charge in [-0.15, -0.1) is 0 Å². The van der Waals surface area contributed by atoms with Crippen LogP contribution in [-0.4, -0.2) is 33.9 Å². The van der Waals surface area contributed by atoms with Crippen molar-refractivity contribution in [1.29, 1.82) is 0 Å². The second-order valence-corrected chi connectivity index (χ2v) is 8.80. The summed E-state index contributed by atoms with van der Waals surface area (Å²) in [5.41, 5.74) is 7.88. The van der Waals surface area contributed by atoms with Crippen LogP contribution in [0.25, 0.3) is 11.2 Å². The summed E-state index contributed by atoms with van der Waals surface area (Å²) in [5.74, 6) is 6.66. The van der Waals surface area contributed by atoms with Gasteiger partial charge in [0, 0.05) is 23.0 Å². The number of H-pyrrole nitrogens is 1. The lowest BCUT2D eigenvalue weighted by Crippen LogP contribution is -2.27. The van der Waals surface area contributed by atoms with Crippen LogP contribution in [0, 0.1) is 25.7 Å². The zero-order valence-electron chi connectivity index (χ0n) is 19.4. The molecule has 0 bridgehead atoms. The van der Waals surface area contributed by atoms with E-state index < -0.39 is 0 Å². The van der Waals surface area contributed by atoms with Gasteiger partial charge in [0.1, 0.15) is 11.2 Å². The van der Waals surface area contributed by atoms with Crippen LogP contribution >= 0.6 is 0 Å². The first-order valence-corrected chi connectivity index (χ1v) is 11.6. The van der Waals surface area contributed by atoms with E-state index >= 15 is 0 Å². The summed E-state index contributed by atoms with van der Waals surface area (Å²) < 4.78 is 0. The second-order valence-electron chi connectivity index (χ2n) is 8.80. The maximum atomic E-state index is 13.0. The Kier molecular flexibility index (Phi) is 6.11. The molecule has 34 heavy (non-hydrogen) atoms.